The third kappa shape index (κ3) is 5.26. The van der Waals surface area contributed by atoms with Gasteiger partial charge < -0.3 is 9.80 Å². The van der Waals surface area contributed by atoms with Crippen LogP contribution in [-0.4, -0.2) is 60.5 Å². The number of aromatic nitrogens is 1. The van der Waals surface area contributed by atoms with Gasteiger partial charge in [-0.1, -0.05) is 30.3 Å². The number of carbonyl (C=O) groups excluding carboxylic acids is 1. The standard InChI is InChI=1S/C21H25F3N4O/c1-16(17-6-4-3-5-7-17)26(2)20(29)15-27-10-12-28(13-11-27)19-9-8-18(14-25-19)21(22,23)24/h3-9,14,16H,10-13,15H2,1-2H3/t16-/m1/s1. The lowest BCUT2D eigenvalue weighted by Crippen LogP contribution is -2.50. The lowest BCUT2D eigenvalue weighted by molar-refractivity contribution is -0.137. The van der Waals surface area contributed by atoms with Crippen LogP contribution in [-0.2, 0) is 11.0 Å². The van der Waals surface area contributed by atoms with Crippen molar-refractivity contribution in [3.05, 3.63) is 59.8 Å². The van der Waals surface area contributed by atoms with Crippen LogP contribution in [0.3, 0.4) is 0 Å². The van der Waals surface area contributed by atoms with Gasteiger partial charge >= 0.3 is 6.18 Å². The summed E-state index contributed by atoms with van der Waals surface area (Å²) in [5, 5.41) is 0. The number of piperazine rings is 1. The highest BCUT2D eigenvalue weighted by Gasteiger charge is 2.31. The molecular formula is C21H25F3N4O. The van der Waals surface area contributed by atoms with Crippen LogP contribution < -0.4 is 4.90 Å². The SMILES string of the molecule is C[C@H](c1ccccc1)N(C)C(=O)CN1CCN(c2ccc(C(F)(F)F)cn2)CC1. The molecule has 5 nitrogen and oxygen atoms in total. The van der Waals surface area contributed by atoms with E-state index in [0.29, 0.717) is 38.5 Å². The van der Waals surface area contributed by atoms with Gasteiger partial charge in [-0.05, 0) is 24.6 Å². The first-order chi connectivity index (χ1) is 13.8. The van der Waals surface area contributed by atoms with E-state index in [0.717, 1.165) is 17.8 Å². The summed E-state index contributed by atoms with van der Waals surface area (Å²) >= 11 is 0. The maximum atomic E-state index is 12.7. The van der Waals surface area contributed by atoms with E-state index in [1.807, 2.05) is 49.2 Å². The second kappa shape index (κ2) is 8.82. The van der Waals surface area contributed by atoms with Crippen LogP contribution in [0.2, 0.25) is 0 Å². The van der Waals surface area contributed by atoms with Crippen molar-refractivity contribution in [2.45, 2.75) is 19.1 Å². The van der Waals surface area contributed by atoms with E-state index in [-0.39, 0.29) is 11.9 Å². The van der Waals surface area contributed by atoms with Crippen LogP contribution in [0.5, 0.6) is 0 Å². The third-order valence-electron chi connectivity index (χ3n) is 5.39. The summed E-state index contributed by atoms with van der Waals surface area (Å²) in [7, 11) is 1.81. The zero-order chi connectivity index (χ0) is 21.0. The number of likely N-dealkylation sites (N-methyl/N-ethyl adjacent to an activating group) is 1. The summed E-state index contributed by atoms with van der Waals surface area (Å²) in [4.78, 5) is 22.4. The summed E-state index contributed by atoms with van der Waals surface area (Å²) in [6, 6.07) is 12.3. The Kier molecular flexibility index (Phi) is 6.42. The van der Waals surface area contributed by atoms with Gasteiger partial charge in [-0.2, -0.15) is 13.2 Å². The van der Waals surface area contributed by atoms with Crippen LogP contribution in [0.1, 0.15) is 24.1 Å². The molecule has 156 valence electrons. The lowest BCUT2D eigenvalue weighted by atomic mass is 10.1. The van der Waals surface area contributed by atoms with Gasteiger partial charge in [0.05, 0.1) is 18.2 Å². The van der Waals surface area contributed by atoms with Gasteiger partial charge in [0.15, 0.2) is 0 Å². The van der Waals surface area contributed by atoms with E-state index < -0.39 is 11.7 Å². The second-order valence-electron chi connectivity index (χ2n) is 7.26. The monoisotopic (exact) mass is 406 g/mol. The summed E-state index contributed by atoms with van der Waals surface area (Å²) in [5.41, 5.74) is 0.336. The smallest absolute Gasteiger partial charge is 0.354 e. The fraction of sp³-hybridized carbons (Fsp3) is 0.429. The van der Waals surface area contributed by atoms with Crippen molar-refractivity contribution in [1.29, 1.82) is 0 Å². The molecule has 1 fully saturated rings. The third-order valence-corrected chi connectivity index (χ3v) is 5.39. The number of halogens is 3. The van der Waals surface area contributed by atoms with E-state index in [4.69, 9.17) is 0 Å². The predicted octanol–water partition coefficient (Wildman–Crippen LogP) is 3.44. The normalized spacial score (nSPS) is 16.5. The largest absolute Gasteiger partial charge is 0.417 e. The Morgan fingerprint density at radius 3 is 2.31 bits per heavy atom. The quantitative estimate of drug-likeness (QED) is 0.763. The summed E-state index contributed by atoms with van der Waals surface area (Å²) in [6.45, 7) is 4.86. The summed E-state index contributed by atoms with van der Waals surface area (Å²) in [6.07, 6.45) is -3.52. The maximum Gasteiger partial charge on any atom is 0.417 e. The molecule has 29 heavy (non-hydrogen) atoms. The highest BCUT2D eigenvalue weighted by Crippen LogP contribution is 2.29. The zero-order valence-corrected chi connectivity index (χ0v) is 16.6. The Hall–Kier alpha value is -2.61. The van der Waals surface area contributed by atoms with E-state index in [1.165, 1.54) is 6.07 Å². The Morgan fingerprint density at radius 1 is 1.10 bits per heavy atom. The molecule has 0 spiro atoms. The lowest BCUT2D eigenvalue weighted by Gasteiger charge is -2.36. The number of anilines is 1. The van der Waals surface area contributed by atoms with Gasteiger partial charge in [-0.25, -0.2) is 4.98 Å². The number of nitrogens with zero attached hydrogens (tertiary/aromatic N) is 4. The molecule has 0 bridgehead atoms. The fourth-order valence-corrected chi connectivity index (χ4v) is 3.35. The summed E-state index contributed by atoms with van der Waals surface area (Å²) < 4.78 is 38.0. The Labute approximate surface area is 168 Å². The van der Waals surface area contributed by atoms with E-state index in [1.54, 1.807) is 4.90 Å². The van der Waals surface area contributed by atoms with Crippen LogP contribution in [0, 0.1) is 0 Å². The number of amides is 1. The number of hydrogen-bond acceptors (Lipinski definition) is 4. The van der Waals surface area contributed by atoms with Crippen molar-refractivity contribution in [1.82, 2.24) is 14.8 Å². The van der Waals surface area contributed by atoms with Gasteiger partial charge in [0.2, 0.25) is 5.91 Å². The first-order valence-electron chi connectivity index (χ1n) is 9.57. The Bertz CT molecular complexity index is 803. The molecule has 2 heterocycles. The second-order valence-corrected chi connectivity index (χ2v) is 7.26. The molecule has 0 radical (unpaired) electrons. The molecule has 0 saturated carbocycles. The van der Waals surface area contributed by atoms with Crippen molar-refractivity contribution in [3.63, 3.8) is 0 Å². The Morgan fingerprint density at radius 2 is 1.76 bits per heavy atom. The van der Waals surface area contributed by atoms with Crippen molar-refractivity contribution in [2.75, 3.05) is 44.7 Å². The van der Waals surface area contributed by atoms with Crippen LogP contribution >= 0.6 is 0 Å². The number of carbonyl (C=O) groups is 1. The molecule has 2 aromatic rings. The molecule has 1 aromatic heterocycles. The van der Waals surface area contributed by atoms with Crippen LogP contribution in [0.25, 0.3) is 0 Å². The van der Waals surface area contributed by atoms with Crippen molar-refractivity contribution < 1.29 is 18.0 Å². The average Bonchev–Trinajstić information content (AvgIpc) is 2.73. The first kappa shape index (κ1) is 21.1. The van der Waals surface area contributed by atoms with Gasteiger partial charge in [0, 0.05) is 39.4 Å². The number of pyridine rings is 1. The molecular weight excluding hydrogens is 381 g/mol. The highest BCUT2D eigenvalue weighted by molar-refractivity contribution is 5.78. The molecule has 0 N–H and O–H groups in total. The molecule has 1 aliphatic rings. The van der Waals surface area contributed by atoms with Crippen molar-refractivity contribution >= 4 is 11.7 Å². The van der Waals surface area contributed by atoms with Crippen LogP contribution in [0.4, 0.5) is 19.0 Å². The number of hydrogen-bond donors (Lipinski definition) is 0. The minimum atomic E-state index is -4.38. The first-order valence-corrected chi connectivity index (χ1v) is 9.57. The van der Waals surface area contributed by atoms with Gasteiger partial charge in [-0.15, -0.1) is 0 Å². The van der Waals surface area contributed by atoms with Crippen molar-refractivity contribution in [2.24, 2.45) is 0 Å². The molecule has 1 saturated heterocycles. The van der Waals surface area contributed by atoms with Crippen molar-refractivity contribution in [3.8, 4) is 0 Å². The fourth-order valence-electron chi connectivity index (χ4n) is 3.35. The minimum Gasteiger partial charge on any atom is -0.354 e. The molecule has 8 heteroatoms. The molecule has 1 amide bonds. The topological polar surface area (TPSA) is 39.7 Å². The molecule has 1 aromatic carbocycles. The van der Waals surface area contributed by atoms with E-state index in [9.17, 15) is 18.0 Å². The highest BCUT2D eigenvalue weighted by atomic mass is 19.4. The maximum absolute atomic E-state index is 12.7. The molecule has 1 atom stereocenters. The Balaban J connectivity index is 1.51. The number of rotatable bonds is 5. The number of alkyl halides is 3. The van der Waals surface area contributed by atoms with Gasteiger partial charge in [0.1, 0.15) is 5.82 Å². The van der Waals surface area contributed by atoms with Gasteiger partial charge in [-0.3, -0.25) is 9.69 Å². The molecule has 3 rings (SSSR count). The average molecular weight is 406 g/mol. The predicted molar refractivity (Wildman–Crippen MR) is 106 cm³/mol. The molecule has 0 aliphatic carbocycles. The summed E-state index contributed by atoms with van der Waals surface area (Å²) in [5.74, 6) is 0.571. The van der Waals surface area contributed by atoms with E-state index in [2.05, 4.69) is 9.88 Å². The zero-order valence-electron chi connectivity index (χ0n) is 16.6. The van der Waals surface area contributed by atoms with Crippen LogP contribution in [0.15, 0.2) is 48.7 Å². The molecule has 1 aliphatic heterocycles. The van der Waals surface area contributed by atoms with E-state index >= 15 is 0 Å². The number of benzene rings is 1. The minimum absolute atomic E-state index is 0.0127. The van der Waals surface area contributed by atoms with Gasteiger partial charge in [0.25, 0.3) is 0 Å². The molecule has 0 unspecified atom stereocenters.